The standard InChI is InChI=1S/C21H18FN3O2S.C20H16FN3O3S.CH4/c1-12-10-14(7-9-18(12)23-5)24-19(27)21(3,4)25(20(24)28)15-6-8-16(13(2)26)17(22)11-15;1-11-9-12(6-8-16(11)22-4)23-18(27)20(2,3)24(19(23)28)13-5-7-14(17(25)26)15(21)10-13;/h6-11H,1-4H3;5-10H,1-3H3,(H,25,26);1H4. The molecule has 2 fully saturated rings. The molecular formula is C42H38F2N6O5S2. The maximum absolute atomic E-state index is 14.4. The minimum Gasteiger partial charge on any atom is -0.478 e. The number of anilines is 4. The van der Waals surface area contributed by atoms with Gasteiger partial charge in [-0.2, -0.15) is 0 Å². The third-order valence-corrected chi connectivity index (χ3v) is 10.2. The first-order valence-electron chi connectivity index (χ1n) is 16.9. The molecule has 0 saturated carbocycles. The highest BCUT2D eigenvalue weighted by atomic mass is 32.1. The van der Waals surface area contributed by atoms with Crippen molar-refractivity contribution in [2.75, 3.05) is 19.6 Å². The van der Waals surface area contributed by atoms with Gasteiger partial charge in [-0.05, 0) is 145 Å². The highest BCUT2D eigenvalue weighted by molar-refractivity contribution is 7.81. The Hall–Kier alpha value is -6.42. The second-order valence-electron chi connectivity index (χ2n) is 14.0. The van der Waals surface area contributed by atoms with E-state index >= 15 is 0 Å². The number of carboxylic acid groups (broad SMARTS) is 1. The van der Waals surface area contributed by atoms with Gasteiger partial charge in [0.1, 0.15) is 22.7 Å². The molecule has 2 aliphatic rings. The zero-order valence-electron chi connectivity index (χ0n) is 31.3. The first-order chi connectivity index (χ1) is 26.2. The third kappa shape index (κ3) is 7.59. The fraction of sp³-hybridized carbons (Fsp3) is 0.238. The second-order valence-corrected chi connectivity index (χ2v) is 14.7. The van der Waals surface area contributed by atoms with Crippen molar-refractivity contribution in [1.29, 1.82) is 0 Å². The van der Waals surface area contributed by atoms with Crippen LogP contribution in [0.15, 0.2) is 72.8 Å². The summed E-state index contributed by atoms with van der Waals surface area (Å²) in [7, 11) is 0. The number of benzene rings is 4. The van der Waals surface area contributed by atoms with Gasteiger partial charge in [0, 0.05) is 22.7 Å². The smallest absolute Gasteiger partial charge is 0.338 e. The number of hydrogen-bond acceptors (Lipinski definition) is 6. The molecule has 0 radical (unpaired) electrons. The predicted octanol–water partition coefficient (Wildman–Crippen LogP) is 9.74. The molecular weight excluding hydrogens is 771 g/mol. The first-order valence-corrected chi connectivity index (χ1v) is 17.7. The molecule has 6 rings (SSSR count). The number of carbonyl (C=O) groups is 4. The molecule has 11 nitrogen and oxygen atoms in total. The number of aromatic carboxylic acids is 1. The summed E-state index contributed by atoms with van der Waals surface area (Å²) in [4.78, 5) is 61.5. The Bertz CT molecular complexity index is 2320. The summed E-state index contributed by atoms with van der Waals surface area (Å²) in [6, 6.07) is 17.8. The lowest BCUT2D eigenvalue weighted by Crippen LogP contribution is -2.44. The predicted molar refractivity (Wildman–Crippen MR) is 225 cm³/mol. The lowest BCUT2D eigenvalue weighted by atomic mass is 10.0. The van der Waals surface area contributed by atoms with Crippen LogP contribution in [0.25, 0.3) is 9.69 Å². The minimum atomic E-state index is -1.37. The van der Waals surface area contributed by atoms with E-state index in [0.717, 1.165) is 17.7 Å². The molecule has 0 unspecified atom stereocenters. The lowest BCUT2D eigenvalue weighted by Gasteiger charge is -2.29. The molecule has 2 aliphatic heterocycles. The number of carbonyl (C=O) groups excluding carboxylic acids is 3. The molecule has 2 heterocycles. The average Bonchev–Trinajstić information content (AvgIpc) is 3.41. The van der Waals surface area contributed by atoms with E-state index in [2.05, 4.69) is 9.69 Å². The molecule has 0 aliphatic carbocycles. The Labute approximate surface area is 340 Å². The number of hydrogen-bond donors (Lipinski definition) is 1. The van der Waals surface area contributed by atoms with E-state index in [4.69, 9.17) is 42.7 Å². The SMILES string of the molecule is C.[C-]#[N+]c1ccc(N2C(=O)C(C)(C)N(c3ccc(C(=O)O)c(F)c3)C2=S)cc1C.[C-]#[N+]c1ccc(N2C(=O)C(C)(C)N(c3ccc(C(C)=O)c(F)c3)C2=S)cc1C. The van der Waals surface area contributed by atoms with E-state index in [-0.39, 0.29) is 46.5 Å². The molecule has 1 N–H and O–H groups in total. The van der Waals surface area contributed by atoms with Crippen LogP contribution in [0.1, 0.15) is 73.9 Å². The van der Waals surface area contributed by atoms with Crippen molar-refractivity contribution in [2.45, 2.75) is 67.0 Å². The molecule has 4 aromatic rings. The van der Waals surface area contributed by atoms with Crippen molar-refractivity contribution in [3.63, 3.8) is 0 Å². The van der Waals surface area contributed by atoms with Crippen LogP contribution in [0.5, 0.6) is 0 Å². The Balaban J connectivity index is 0.000000248. The number of rotatable bonds is 6. The van der Waals surface area contributed by atoms with Gasteiger partial charge in [-0.25, -0.2) is 23.3 Å². The summed E-state index contributed by atoms with van der Waals surface area (Å²) in [5.41, 5.74) is 1.52. The van der Waals surface area contributed by atoms with Gasteiger partial charge in [0.15, 0.2) is 27.4 Å². The lowest BCUT2D eigenvalue weighted by molar-refractivity contribution is -0.121. The molecule has 2 amide bonds. The number of nitrogens with zero attached hydrogens (tertiary/aromatic N) is 6. The van der Waals surface area contributed by atoms with E-state index in [1.807, 2.05) is 0 Å². The van der Waals surface area contributed by atoms with Crippen LogP contribution >= 0.6 is 24.4 Å². The zero-order valence-corrected chi connectivity index (χ0v) is 32.9. The van der Waals surface area contributed by atoms with Gasteiger partial charge in [-0.15, -0.1) is 0 Å². The zero-order chi connectivity index (χ0) is 41.6. The highest BCUT2D eigenvalue weighted by Gasteiger charge is 2.51. The Morgan fingerprint density at radius 3 is 1.30 bits per heavy atom. The molecule has 0 aromatic heterocycles. The number of carboxylic acids is 1. The largest absolute Gasteiger partial charge is 0.478 e. The number of halogens is 2. The minimum absolute atomic E-state index is 0. The van der Waals surface area contributed by atoms with E-state index in [0.29, 0.717) is 34.0 Å². The van der Waals surface area contributed by atoms with Gasteiger partial charge in [-0.3, -0.25) is 24.2 Å². The fourth-order valence-electron chi connectivity index (χ4n) is 6.47. The number of Topliss-reactive ketones (excluding diaryl/α,β-unsaturated/α-hetero) is 1. The van der Waals surface area contributed by atoms with E-state index in [9.17, 15) is 28.0 Å². The van der Waals surface area contributed by atoms with Crippen molar-refractivity contribution in [3.8, 4) is 0 Å². The topological polar surface area (TPSA) is 110 Å². The van der Waals surface area contributed by atoms with Crippen LogP contribution < -0.4 is 19.6 Å². The van der Waals surface area contributed by atoms with Crippen LogP contribution in [0.2, 0.25) is 0 Å². The number of ketones is 1. The first kappa shape index (κ1) is 43.3. The summed E-state index contributed by atoms with van der Waals surface area (Å²) < 4.78 is 28.6. The molecule has 4 aromatic carbocycles. The number of aryl methyl sites for hydroxylation is 2. The van der Waals surface area contributed by atoms with Gasteiger partial charge < -0.3 is 14.9 Å². The number of thiocarbonyl (C=S) groups is 2. The Morgan fingerprint density at radius 1 is 0.649 bits per heavy atom. The van der Waals surface area contributed by atoms with Gasteiger partial charge in [0.25, 0.3) is 11.8 Å². The molecule has 57 heavy (non-hydrogen) atoms. The van der Waals surface area contributed by atoms with Crippen LogP contribution in [-0.4, -0.2) is 50.0 Å². The van der Waals surface area contributed by atoms with E-state index < -0.39 is 34.2 Å². The summed E-state index contributed by atoms with van der Waals surface area (Å²) in [5.74, 6) is -3.89. The van der Waals surface area contributed by atoms with Gasteiger partial charge in [-0.1, -0.05) is 19.6 Å². The van der Waals surface area contributed by atoms with Crippen molar-refractivity contribution < 1.29 is 33.1 Å². The normalized spacial score (nSPS) is 15.4. The summed E-state index contributed by atoms with van der Waals surface area (Å²) in [6.45, 7) is 25.9. The van der Waals surface area contributed by atoms with Crippen LogP contribution in [0.3, 0.4) is 0 Å². The maximum atomic E-state index is 14.4. The van der Waals surface area contributed by atoms with Crippen molar-refractivity contribution in [3.05, 3.63) is 130 Å². The van der Waals surface area contributed by atoms with Gasteiger partial charge in [0.2, 0.25) is 0 Å². The molecule has 0 atom stereocenters. The highest BCUT2D eigenvalue weighted by Crippen LogP contribution is 2.40. The quantitative estimate of drug-likeness (QED) is 0.116. The van der Waals surface area contributed by atoms with E-state index in [1.54, 1.807) is 88.9 Å². The van der Waals surface area contributed by atoms with E-state index in [1.165, 1.54) is 39.8 Å². The molecule has 15 heteroatoms. The third-order valence-electron chi connectivity index (χ3n) is 9.49. The maximum Gasteiger partial charge on any atom is 0.338 e. The van der Waals surface area contributed by atoms with Crippen LogP contribution in [0, 0.1) is 38.6 Å². The van der Waals surface area contributed by atoms with Crippen LogP contribution in [-0.2, 0) is 9.59 Å². The monoisotopic (exact) mass is 808 g/mol. The average molecular weight is 809 g/mol. The molecule has 292 valence electrons. The Morgan fingerprint density at radius 2 is 1.00 bits per heavy atom. The fourth-order valence-corrected chi connectivity index (χ4v) is 7.51. The summed E-state index contributed by atoms with van der Waals surface area (Å²) in [5, 5.41) is 9.37. The van der Waals surface area contributed by atoms with Crippen LogP contribution in [0.4, 0.5) is 42.9 Å². The summed E-state index contributed by atoms with van der Waals surface area (Å²) >= 11 is 11.1. The second kappa shape index (κ2) is 16.0. The van der Waals surface area contributed by atoms with Gasteiger partial charge >= 0.3 is 5.97 Å². The summed E-state index contributed by atoms with van der Waals surface area (Å²) in [6.07, 6.45) is 0. The van der Waals surface area contributed by atoms with Gasteiger partial charge in [0.05, 0.1) is 24.3 Å². The van der Waals surface area contributed by atoms with Crippen molar-refractivity contribution in [1.82, 2.24) is 0 Å². The Kier molecular flexibility index (Phi) is 12.1. The van der Waals surface area contributed by atoms with Crippen molar-refractivity contribution in [2.24, 2.45) is 0 Å². The number of amides is 2. The molecule has 2 saturated heterocycles. The molecule has 0 bridgehead atoms. The van der Waals surface area contributed by atoms with Crippen molar-refractivity contribution >= 4 is 92.4 Å². The molecule has 0 spiro atoms.